The molecule has 1 heterocycles. The standard InChI is InChI=1S/C19H18N4O4/c1-26-14-8-7-11(9-15(14)27-2)18-22-16(20)10-17(23-18)21-13-6-4-3-5-12(13)19(24)25/h3-10H,1-2H3,(H,24,25)(H3,20,21,22,23). The van der Waals surface area contributed by atoms with Gasteiger partial charge in [0.25, 0.3) is 0 Å². The lowest BCUT2D eigenvalue weighted by molar-refractivity contribution is 0.0698. The average molecular weight is 366 g/mol. The van der Waals surface area contributed by atoms with E-state index in [1.807, 2.05) is 0 Å². The Morgan fingerprint density at radius 3 is 2.48 bits per heavy atom. The van der Waals surface area contributed by atoms with Crippen molar-refractivity contribution in [3.63, 3.8) is 0 Å². The smallest absolute Gasteiger partial charge is 0.337 e. The van der Waals surface area contributed by atoms with Crippen molar-refractivity contribution in [2.75, 3.05) is 25.3 Å². The lowest BCUT2D eigenvalue weighted by atomic mass is 10.1. The molecule has 0 radical (unpaired) electrons. The summed E-state index contributed by atoms with van der Waals surface area (Å²) in [5.41, 5.74) is 7.12. The number of hydrogen-bond acceptors (Lipinski definition) is 7. The van der Waals surface area contributed by atoms with Gasteiger partial charge in [-0.25, -0.2) is 14.8 Å². The van der Waals surface area contributed by atoms with Gasteiger partial charge in [-0.2, -0.15) is 0 Å². The number of carbonyl (C=O) groups is 1. The molecule has 3 aromatic rings. The minimum atomic E-state index is -1.04. The molecular formula is C19H18N4O4. The second kappa shape index (κ2) is 7.61. The van der Waals surface area contributed by atoms with E-state index in [9.17, 15) is 9.90 Å². The summed E-state index contributed by atoms with van der Waals surface area (Å²) in [6, 6.07) is 13.3. The van der Waals surface area contributed by atoms with Crippen LogP contribution >= 0.6 is 0 Å². The van der Waals surface area contributed by atoms with Gasteiger partial charge < -0.3 is 25.6 Å². The van der Waals surface area contributed by atoms with Crippen LogP contribution in [0.4, 0.5) is 17.3 Å². The number of nitrogens with one attached hydrogen (secondary N) is 1. The number of para-hydroxylation sites is 1. The molecular weight excluding hydrogens is 348 g/mol. The molecule has 1 aromatic heterocycles. The van der Waals surface area contributed by atoms with Crippen molar-refractivity contribution in [3.8, 4) is 22.9 Å². The van der Waals surface area contributed by atoms with Gasteiger partial charge in [0, 0.05) is 11.6 Å². The van der Waals surface area contributed by atoms with Crippen LogP contribution in [0.15, 0.2) is 48.5 Å². The third kappa shape index (κ3) is 3.90. The van der Waals surface area contributed by atoms with E-state index < -0.39 is 5.97 Å². The summed E-state index contributed by atoms with van der Waals surface area (Å²) < 4.78 is 10.5. The molecule has 2 aromatic carbocycles. The molecule has 8 nitrogen and oxygen atoms in total. The zero-order valence-electron chi connectivity index (χ0n) is 14.8. The van der Waals surface area contributed by atoms with Gasteiger partial charge in [0.1, 0.15) is 11.6 Å². The summed E-state index contributed by atoms with van der Waals surface area (Å²) in [7, 11) is 3.09. The van der Waals surface area contributed by atoms with Gasteiger partial charge >= 0.3 is 5.97 Å². The van der Waals surface area contributed by atoms with Gasteiger partial charge in [0.15, 0.2) is 17.3 Å². The maximum absolute atomic E-state index is 11.4. The van der Waals surface area contributed by atoms with Crippen LogP contribution < -0.4 is 20.5 Å². The van der Waals surface area contributed by atoms with E-state index in [1.165, 1.54) is 19.2 Å². The highest BCUT2D eigenvalue weighted by molar-refractivity contribution is 5.95. The molecule has 0 atom stereocenters. The first-order chi connectivity index (χ1) is 13.0. The highest BCUT2D eigenvalue weighted by Crippen LogP contribution is 2.32. The largest absolute Gasteiger partial charge is 0.493 e. The summed E-state index contributed by atoms with van der Waals surface area (Å²) in [4.78, 5) is 20.1. The number of carboxylic acids is 1. The first-order valence-electron chi connectivity index (χ1n) is 7.98. The first kappa shape index (κ1) is 18.0. The number of rotatable bonds is 6. The van der Waals surface area contributed by atoms with Crippen LogP contribution in [0.2, 0.25) is 0 Å². The van der Waals surface area contributed by atoms with E-state index in [0.29, 0.717) is 34.4 Å². The number of nitrogen functional groups attached to an aromatic ring is 1. The van der Waals surface area contributed by atoms with E-state index in [0.717, 1.165) is 0 Å². The molecule has 0 aliphatic carbocycles. The van der Waals surface area contributed by atoms with Gasteiger partial charge in [-0.05, 0) is 30.3 Å². The Morgan fingerprint density at radius 2 is 1.78 bits per heavy atom. The van der Waals surface area contributed by atoms with Gasteiger partial charge in [-0.3, -0.25) is 0 Å². The number of anilines is 3. The second-order valence-corrected chi connectivity index (χ2v) is 5.55. The zero-order chi connectivity index (χ0) is 19.4. The highest BCUT2D eigenvalue weighted by atomic mass is 16.5. The van der Waals surface area contributed by atoms with Crippen molar-refractivity contribution in [2.45, 2.75) is 0 Å². The number of aromatic carboxylic acids is 1. The Hall–Kier alpha value is -3.81. The predicted octanol–water partition coefficient (Wildman–Crippen LogP) is 3.18. The molecule has 0 saturated carbocycles. The molecule has 3 rings (SSSR count). The normalized spacial score (nSPS) is 10.3. The summed E-state index contributed by atoms with van der Waals surface area (Å²) in [6.45, 7) is 0. The second-order valence-electron chi connectivity index (χ2n) is 5.55. The number of nitrogens with two attached hydrogens (primary N) is 1. The Bertz CT molecular complexity index is 991. The molecule has 27 heavy (non-hydrogen) atoms. The van der Waals surface area contributed by atoms with Crippen LogP contribution in [0.5, 0.6) is 11.5 Å². The van der Waals surface area contributed by atoms with Gasteiger partial charge in [0.05, 0.1) is 25.5 Å². The molecule has 0 aliphatic heterocycles. The van der Waals surface area contributed by atoms with Gasteiger partial charge in [0.2, 0.25) is 0 Å². The predicted molar refractivity (Wildman–Crippen MR) is 102 cm³/mol. The molecule has 0 unspecified atom stereocenters. The summed E-state index contributed by atoms with van der Waals surface area (Å²) in [6.07, 6.45) is 0. The molecule has 0 saturated heterocycles. The van der Waals surface area contributed by atoms with Crippen LogP contribution in [-0.4, -0.2) is 35.3 Å². The van der Waals surface area contributed by atoms with Crippen molar-refractivity contribution in [1.29, 1.82) is 0 Å². The number of benzene rings is 2. The minimum absolute atomic E-state index is 0.127. The lowest BCUT2D eigenvalue weighted by Crippen LogP contribution is -2.05. The quantitative estimate of drug-likeness (QED) is 0.608. The van der Waals surface area contributed by atoms with Crippen LogP contribution in [0.25, 0.3) is 11.4 Å². The van der Waals surface area contributed by atoms with E-state index in [4.69, 9.17) is 15.2 Å². The summed E-state index contributed by atoms with van der Waals surface area (Å²) in [5.74, 6) is 1.06. The van der Waals surface area contributed by atoms with Crippen molar-refractivity contribution < 1.29 is 19.4 Å². The van der Waals surface area contributed by atoms with E-state index in [1.54, 1.807) is 43.5 Å². The molecule has 0 spiro atoms. The van der Waals surface area contributed by atoms with E-state index in [-0.39, 0.29) is 11.4 Å². The SMILES string of the molecule is COc1ccc(-c2nc(N)cc(Nc3ccccc3C(=O)O)n2)cc1OC. The molecule has 4 N–H and O–H groups in total. The number of aromatic nitrogens is 2. The maximum Gasteiger partial charge on any atom is 0.337 e. The molecule has 0 amide bonds. The first-order valence-corrected chi connectivity index (χ1v) is 7.98. The van der Waals surface area contributed by atoms with Crippen LogP contribution in [0.3, 0.4) is 0 Å². The Balaban J connectivity index is 2.00. The average Bonchev–Trinajstić information content (AvgIpc) is 2.67. The van der Waals surface area contributed by atoms with Crippen LogP contribution in [-0.2, 0) is 0 Å². The lowest BCUT2D eigenvalue weighted by Gasteiger charge is -2.12. The van der Waals surface area contributed by atoms with Crippen molar-refractivity contribution in [1.82, 2.24) is 9.97 Å². The number of methoxy groups -OCH3 is 2. The monoisotopic (exact) mass is 366 g/mol. The number of nitrogens with zero attached hydrogens (tertiary/aromatic N) is 2. The molecule has 138 valence electrons. The number of carboxylic acid groups (broad SMARTS) is 1. The fourth-order valence-electron chi connectivity index (χ4n) is 2.55. The third-order valence-electron chi connectivity index (χ3n) is 3.81. The maximum atomic E-state index is 11.4. The van der Waals surface area contributed by atoms with Gasteiger partial charge in [-0.1, -0.05) is 12.1 Å². The molecule has 8 heteroatoms. The molecule has 0 fully saturated rings. The van der Waals surface area contributed by atoms with Crippen molar-refractivity contribution in [2.24, 2.45) is 0 Å². The van der Waals surface area contributed by atoms with Crippen molar-refractivity contribution in [3.05, 3.63) is 54.1 Å². The topological polar surface area (TPSA) is 120 Å². The number of ether oxygens (including phenoxy) is 2. The Morgan fingerprint density at radius 1 is 1.04 bits per heavy atom. The van der Waals surface area contributed by atoms with Crippen LogP contribution in [0.1, 0.15) is 10.4 Å². The molecule has 0 aliphatic rings. The zero-order valence-corrected chi connectivity index (χ0v) is 14.8. The van der Waals surface area contributed by atoms with E-state index >= 15 is 0 Å². The van der Waals surface area contributed by atoms with Crippen molar-refractivity contribution >= 4 is 23.3 Å². The van der Waals surface area contributed by atoms with Crippen LogP contribution in [0, 0.1) is 0 Å². The van der Waals surface area contributed by atoms with Gasteiger partial charge in [-0.15, -0.1) is 0 Å². The summed E-state index contributed by atoms with van der Waals surface area (Å²) in [5, 5.41) is 12.3. The fourth-order valence-corrected chi connectivity index (χ4v) is 2.55. The molecule has 0 bridgehead atoms. The van der Waals surface area contributed by atoms with E-state index in [2.05, 4.69) is 15.3 Å². The minimum Gasteiger partial charge on any atom is -0.493 e. The fraction of sp³-hybridized carbons (Fsp3) is 0.105. The Labute approximate surface area is 155 Å². The highest BCUT2D eigenvalue weighted by Gasteiger charge is 2.13. The third-order valence-corrected chi connectivity index (χ3v) is 3.81. The Kier molecular flexibility index (Phi) is 5.07. The summed E-state index contributed by atoms with van der Waals surface area (Å²) >= 11 is 0. The number of hydrogen-bond donors (Lipinski definition) is 3.